The van der Waals surface area contributed by atoms with Gasteiger partial charge in [-0.3, -0.25) is 0 Å². The average Bonchev–Trinajstić information content (AvgIpc) is 3.27. The lowest BCUT2D eigenvalue weighted by Gasteiger charge is -2.29. The first kappa shape index (κ1) is 35.7. The monoisotopic (exact) mass is 710 g/mol. The van der Waals surface area contributed by atoms with Gasteiger partial charge in [0.25, 0.3) is 0 Å². The maximum atomic E-state index is 7.68. The van der Waals surface area contributed by atoms with Crippen molar-refractivity contribution in [3.05, 3.63) is 241 Å². The summed E-state index contributed by atoms with van der Waals surface area (Å²) >= 11 is 0. The van der Waals surface area contributed by atoms with Gasteiger partial charge in [-0.25, -0.2) is 0 Å². The van der Waals surface area contributed by atoms with Crippen LogP contribution in [-0.4, -0.2) is 0 Å². The smallest absolute Gasteiger partial charge is 0.0842 e. The summed E-state index contributed by atoms with van der Waals surface area (Å²) in [6.45, 7) is 0. The Morgan fingerprint density at radius 2 is 0.545 bits per heavy atom. The molecule has 0 radical (unpaired) electrons. The minimum absolute atomic E-state index is 0.168. The van der Waals surface area contributed by atoms with Crippen LogP contribution >= 0.6 is 0 Å². The minimum atomic E-state index is -0.168. The molecule has 8 rings (SSSR count). The van der Waals surface area contributed by atoms with Crippen LogP contribution in [0.5, 0.6) is 0 Å². The van der Waals surface area contributed by atoms with Crippen LogP contribution in [0.3, 0.4) is 0 Å². The zero-order chi connectivity index (χ0) is 37.1. The molecule has 0 saturated heterocycles. The van der Waals surface area contributed by atoms with Crippen molar-refractivity contribution in [1.29, 1.82) is 0 Å². The van der Waals surface area contributed by atoms with Crippen molar-refractivity contribution in [3.8, 4) is 44.5 Å². The summed E-state index contributed by atoms with van der Waals surface area (Å²) in [6.07, 6.45) is 3.08. The van der Waals surface area contributed by atoms with E-state index in [1.165, 1.54) is 66.8 Å². The van der Waals surface area contributed by atoms with E-state index in [1.807, 2.05) is 0 Å². The second kappa shape index (κ2) is 17.7. The summed E-state index contributed by atoms with van der Waals surface area (Å²) in [5.74, 6) is 0. The molecule has 0 aliphatic carbocycles. The quantitative estimate of drug-likeness (QED) is 0.109. The highest BCUT2D eigenvalue weighted by molar-refractivity contribution is 5.71. The van der Waals surface area contributed by atoms with E-state index in [9.17, 15) is 0 Å². The van der Waals surface area contributed by atoms with E-state index in [-0.39, 0.29) is 12.2 Å². The van der Waals surface area contributed by atoms with Gasteiger partial charge in [0.2, 0.25) is 0 Å². The fourth-order valence-electron chi connectivity index (χ4n) is 7.96. The van der Waals surface area contributed by atoms with Crippen LogP contribution in [0, 0.1) is 0 Å². The Labute approximate surface area is 326 Å². The Balaban J connectivity index is 1.21. The first-order chi connectivity index (χ1) is 27.3. The van der Waals surface area contributed by atoms with Crippen molar-refractivity contribution in [2.75, 3.05) is 0 Å². The van der Waals surface area contributed by atoms with Crippen LogP contribution in [0.25, 0.3) is 44.5 Å². The van der Waals surface area contributed by atoms with E-state index in [2.05, 4.69) is 218 Å². The molecule has 0 aliphatic heterocycles. The topological polar surface area (TPSA) is 9.23 Å². The SMILES string of the molecule is c1ccc(-c2ccccc2CCC(OC(CCc2ccccc2-c2ccccc2)c2ccccc2-c2ccccc2)c2ccccc2-c2ccccc2)cc1. The third-order valence-corrected chi connectivity index (χ3v) is 10.7. The van der Waals surface area contributed by atoms with E-state index >= 15 is 0 Å². The largest absolute Gasteiger partial charge is 0.366 e. The lowest BCUT2D eigenvalue weighted by Crippen LogP contribution is -2.15. The molecule has 268 valence electrons. The van der Waals surface area contributed by atoms with Gasteiger partial charge in [0.05, 0.1) is 12.2 Å². The average molecular weight is 711 g/mol. The van der Waals surface area contributed by atoms with Crippen LogP contribution < -0.4 is 0 Å². The van der Waals surface area contributed by atoms with Gasteiger partial charge in [-0.2, -0.15) is 0 Å². The van der Waals surface area contributed by atoms with E-state index in [1.54, 1.807) is 0 Å². The third-order valence-electron chi connectivity index (χ3n) is 10.7. The van der Waals surface area contributed by atoms with E-state index in [0.29, 0.717) is 0 Å². The Bertz CT molecular complexity index is 2230. The van der Waals surface area contributed by atoms with Crippen molar-refractivity contribution in [2.45, 2.75) is 37.9 Å². The second-order valence-electron chi connectivity index (χ2n) is 14.1. The van der Waals surface area contributed by atoms with Crippen molar-refractivity contribution in [2.24, 2.45) is 0 Å². The molecular formula is C54H46O. The molecule has 8 aromatic carbocycles. The summed E-state index contributed by atoms with van der Waals surface area (Å²) in [4.78, 5) is 0. The normalized spacial score (nSPS) is 12.2. The van der Waals surface area contributed by atoms with Crippen LogP contribution in [0.15, 0.2) is 218 Å². The van der Waals surface area contributed by atoms with Gasteiger partial charge >= 0.3 is 0 Å². The van der Waals surface area contributed by atoms with Gasteiger partial charge in [-0.1, -0.05) is 218 Å². The van der Waals surface area contributed by atoms with Gasteiger partial charge < -0.3 is 4.74 Å². The molecule has 0 heterocycles. The van der Waals surface area contributed by atoms with E-state index in [0.717, 1.165) is 25.7 Å². The molecule has 0 aliphatic rings. The molecule has 1 heteroatoms. The maximum absolute atomic E-state index is 7.68. The first-order valence-electron chi connectivity index (χ1n) is 19.5. The van der Waals surface area contributed by atoms with E-state index < -0.39 is 0 Å². The molecule has 2 unspecified atom stereocenters. The molecular weight excluding hydrogens is 665 g/mol. The first-order valence-corrected chi connectivity index (χ1v) is 19.5. The Morgan fingerprint density at radius 1 is 0.273 bits per heavy atom. The highest BCUT2D eigenvalue weighted by Gasteiger charge is 2.25. The van der Waals surface area contributed by atoms with Crippen molar-refractivity contribution < 1.29 is 4.74 Å². The van der Waals surface area contributed by atoms with Gasteiger partial charge in [0.15, 0.2) is 0 Å². The zero-order valence-electron chi connectivity index (χ0n) is 31.2. The van der Waals surface area contributed by atoms with Crippen LogP contribution in [0.4, 0.5) is 0 Å². The summed E-state index contributed by atoms with van der Waals surface area (Å²) < 4.78 is 7.68. The Hall–Kier alpha value is -6.28. The Kier molecular flexibility index (Phi) is 11.5. The summed E-state index contributed by atoms with van der Waals surface area (Å²) in [5, 5.41) is 0. The molecule has 0 N–H and O–H groups in total. The summed E-state index contributed by atoms with van der Waals surface area (Å²) in [5.41, 5.74) is 15.0. The summed E-state index contributed by atoms with van der Waals surface area (Å²) in [7, 11) is 0. The second-order valence-corrected chi connectivity index (χ2v) is 14.1. The number of ether oxygens (including phenoxy) is 1. The lowest BCUT2D eigenvalue weighted by molar-refractivity contribution is -0.0231. The molecule has 0 bridgehead atoms. The fraction of sp³-hybridized carbons (Fsp3) is 0.111. The van der Waals surface area contributed by atoms with Crippen molar-refractivity contribution >= 4 is 0 Å². The molecule has 8 aromatic rings. The molecule has 0 aromatic heterocycles. The minimum Gasteiger partial charge on any atom is -0.366 e. The molecule has 1 nitrogen and oxygen atoms in total. The maximum Gasteiger partial charge on any atom is 0.0842 e. The van der Waals surface area contributed by atoms with Crippen LogP contribution in [0.1, 0.15) is 47.3 Å². The number of hydrogen-bond donors (Lipinski definition) is 0. The van der Waals surface area contributed by atoms with Crippen molar-refractivity contribution in [1.82, 2.24) is 0 Å². The van der Waals surface area contributed by atoms with Crippen molar-refractivity contribution in [3.63, 3.8) is 0 Å². The standard InChI is InChI=1S/C54H46O/c1-5-21-41(22-6-1)47-31-15-13-29-45(47)37-39-53(51-35-19-17-33-49(51)43-25-9-3-10-26-43)55-54(52-36-20-18-34-50(52)44-27-11-4-12-28-44)40-38-46-30-14-16-32-48(46)42-23-7-2-8-24-42/h1-36,53-54H,37-40H2. The fourth-order valence-corrected chi connectivity index (χ4v) is 7.96. The highest BCUT2D eigenvalue weighted by atomic mass is 16.5. The number of hydrogen-bond acceptors (Lipinski definition) is 1. The Morgan fingerprint density at radius 3 is 0.909 bits per heavy atom. The molecule has 0 fully saturated rings. The molecule has 55 heavy (non-hydrogen) atoms. The zero-order valence-corrected chi connectivity index (χ0v) is 31.2. The van der Waals surface area contributed by atoms with E-state index in [4.69, 9.17) is 4.74 Å². The van der Waals surface area contributed by atoms with Gasteiger partial charge in [0, 0.05) is 0 Å². The molecule has 0 saturated carbocycles. The van der Waals surface area contributed by atoms with Crippen LogP contribution in [0.2, 0.25) is 0 Å². The molecule has 0 amide bonds. The number of benzene rings is 8. The van der Waals surface area contributed by atoms with Crippen LogP contribution in [-0.2, 0) is 17.6 Å². The highest BCUT2D eigenvalue weighted by Crippen LogP contribution is 2.41. The number of rotatable bonds is 14. The molecule has 0 spiro atoms. The lowest BCUT2D eigenvalue weighted by atomic mass is 9.89. The third kappa shape index (κ3) is 8.60. The molecule has 2 atom stereocenters. The predicted molar refractivity (Wildman–Crippen MR) is 231 cm³/mol. The number of aryl methyl sites for hydroxylation is 2. The van der Waals surface area contributed by atoms with Gasteiger partial charge in [-0.05, 0) is 92.4 Å². The predicted octanol–water partition coefficient (Wildman–Crippen LogP) is 14.4. The van der Waals surface area contributed by atoms with Gasteiger partial charge in [-0.15, -0.1) is 0 Å². The van der Waals surface area contributed by atoms with Gasteiger partial charge in [0.1, 0.15) is 0 Å². The summed E-state index contributed by atoms with van der Waals surface area (Å²) in [6, 6.07) is 78.4.